The van der Waals surface area contributed by atoms with Gasteiger partial charge in [0, 0.05) is 19.1 Å². The van der Waals surface area contributed by atoms with E-state index in [0.717, 1.165) is 17.9 Å². The summed E-state index contributed by atoms with van der Waals surface area (Å²) < 4.78 is 0. The zero-order chi connectivity index (χ0) is 8.41. The Bertz CT molecular complexity index is 371. The molecule has 13 heavy (non-hydrogen) atoms. The molecule has 2 heterocycles. The van der Waals surface area contributed by atoms with Gasteiger partial charge in [0.1, 0.15) is 0 Å². The Balaban J connectivity index is 1.87. The maximum atomic E-state index is 2.67. The van der Waals surface area contributed by atoms with Gasteiger partial charge in [0.2, 0.25) is 0 Å². The average Bonchev–Trinajstić information content (AvgIpc) is 2.69. The van der Waals surface area contributed by atoms with Crippen LogP contribution in [0.2, 0.25) is 0 Å². The quantitative estimate of drug-likeness (QED) is 0.578. The topological polar surface area (TPSA) is 3.24 Å². The largest absolute Gasteiger partial charge is 0.291 e. The van der Waals surface area contributed by atoms with Crippen molar-refractivity contribution in [2.45, 2.75) is 19.0 Å². The molecular formula is C12H13N. The highest BCUT2D eigenvalue weighted by atomic mass is 15.2. The maximum absolute atomic E-state index is 2.67. The molecular weight excluding hydrogens is 158 g/mol. The van der Waals surface area contributed by atoms with Gasteiger partial charge in [-0.15, -0.1) is 0 Å². The van der Waals surface area contributed by atoms with Crippen molar-refractivity contribution in [3.05, 3.63) is 35.4 Å². The molecule has 2 fully saturated rings. The molecule has 0 bridgehead atoms. The van der Waals surface area contributed by atoms with E-state index in [1.165, 1.54) is 19.5 Å². The molecule has 0 spiro atoms. The molecule has 1 aliphatic carbocycles. The zero-order valence-corrected chi connectivity index (χ0v) is 7.61. The van der Waals surface area contributed by atoms with Crippen LogP contribution in [0.4, 0.5) is 0 Å². The number of hydrogen-bond acceptors (Lipinski definition) is 1. The Hall–Kier alpha value is -0.820. The third-order valence-electron chi connectivity index (χ3n) is 3.99. The summed E-state index contributed by atoms with van der Waals surface area (Å²) in [5.74, 6) is 2.07. The molecule has 0 amide bonds. The summed E-state index contributed by atoms with van der Waals surface area (Å²) in [7, 11) is 0. The monoisotopic (exact) mass is 171 g/mol. The van der Waals surface area contributed by atoms with E-state index in [9.17, 15) is 0 Å². The molecule has 4 rings (SSSR count). The summed E-state index contributed by atoms with van der Waals surface area (Å²) >= 11 is 0. The molecule has 1 saturated heterocycles. The SMILES string of the molecule is c1ccc2c(c1)CN1CC3CC3C21. The van der Waals surface area contributed by atoms with Gasteiger partial charge in [-0.05, 0) is 29.4 Å². The Morgan fingerprint density at radius 2 is 2.15 bits per heavy atom. The lowest BCUT2D eigenvalue weighted by Gasteiger charge is -2.18. The van der Waals surface area contributed by atoms with E-state index in [4.69, 9.17) is 0 Å². The minimum atomic E-state index is 0.807. The van der Waals surface area contributed by atoms with Crippen molar-refractivity contribution in [1.82, 2.24) is 4.90 Å². The van der Waals surface area contributed by atoms with Gasteiger partial charge in [0.15, 0.2) is 0 Å². The second-order valence-electron chi connectivity index (χ2n) is 4.73. The fourth-order valence-electron chi connectivity index (χ4n) is 3.33. The van der Waals surface area contributed by atoms with Crippen molar-refractivity contribution in [2.24, 2.45) is 11.8 Å². The second kappa shape index (κ2) is 1.98. The van der Waals surface area contributed by atoms with Crippen molar-refractivity contribution >= 4 is 0 Å². The predicted octanol–water partition coefficient (Wildman–Crippen LogP) is 2.19. The van der Waals surface area contributed by atoms with Gasteiger partial charge in [0.05, 0.1) is 0 Å². The summed E-state index contributed by atoms with van der Waals surface area (Å²) in [6.45, 7) is 2.58. The van der Waals surface area contributed by atoms with Crippen LogP contribution >= 0.6 is 0 Å². The van der Waals surface area contributed by atoms with Crippen LogP contribution in [-0.2, 0) is 6.54 Å². The van der Waals surface area contributed by atoms with Crippen molar-refractivity contribution in [2.75, 3.05) is 6.54 Å². The van der Waals surface area contributed by atoms with Crippen molar-refractivity contribution in [3.8, 4) is 0 Å². The van der Waals surface area contributed by atoms with Crippen molar-refractivity contribution in [3.63, 3.8) is 0 Å². The smallest absolute Gasteiger partial charge is 0.0386 e. The van der Waals surface area contributed by atoms with Crippen LogP contribution in [0.3, 0.4) is 0 Å². The van der Waals surface area contributed by atoms with Crippen molar-refractivity contribution in [1.29, 1.82) is 0 Å². The first kappa shape index (κ1) is 6.61. The minimum Gasteiger partial charge on any atom is -0.291 e. The van der Waals surface area contributed by atoms with E-state index in [2.05, 4.69) is 29.2 Å². The average molecular weight is 171 g/mol. The van der Waals surface area contributed by atoms with Crippen LogP contribution in [0, 0.1) is 11.8 Å². The summed E-state index contributed by atoms with van der Waals surface area (Å²) in [5, 5.41) is 0. The number of rotatable bonds is 0. The van der Waals surface area contributed by atoms with Gasteiger partial charge in [-0.2, -0.15) is 0 Å². The lowest BCUT2D eigenvalue weighted by atomic mass is 10.0. The summed E-state index contributed by atoms with van der Waals surface area (Å²) in [6.07, 6.45) is 1.50. The molecule has 0 radical (unpaired) electrons. The number of hydrogen-bond donors (Lipinski definition) is 0. The van der Waals surface area contributed by atoms with E-state index in [0.29, 0.717) is 0 Å². The molecule has 66 valence electrons. The molecule has 1 aromatic carbocycles. The first-order chi connectivity index (χ1) is 6.43. The molecule has 1 heteroatoms. The Morgan fingerprint density at radius 3 is 3.15 bits per heavy atom. The Kier molecular flexibility index (Phi) is 1.01. The molecule has 1 saturated carbocycles. The highest BCUT2D eigenvalue weighted by Crippen LogP contribution is 2.59. The van der Waals surface area contributed by atoms with Crippen LogP contribution in [0.1, 0.15) is 23.6 Å². The van der Waals surface area contributed by atoms with Crippen LogP contribution in [0.15, 0.2) is 24.3 Å². The summed E-state index contributed by atoms with van der Waals surface area (Å²) in [5.41, 5.74) is 3.21. The second-order valence-corrected chi connectivity index (χ2v) is 4.73. The molecule has 1 aromatic rings. The normalized spacial score (nSPS) is 39.8. The number of benzene rings is 1. The third kappa shape index (κ3) is 0.720. The first-order valence-electron chi connectivity index (χ1n) is 5.25. The van der Waals surface area contributed by atoms with Gasteiger partial charge >= 0.3 is 0 Å². The molecule has 1 nitrogen and oxygen atoms in total. The van der Waals surface area contributed by atoms with E-state index in [1.54, 1.807) is 11.1 Å². The van der Waals surface area contributed by atoms with Crippen LogP contribution in [0.5, 0.6) is 0 Å². The van der Waals surface area contributed by atoms with E-state index < -0.39 is 0 Å². The highest BCUT2D eigenvalue weighted by Gasteiger charge is 2.55. The maximum Gasteiger partial charge on any atom is 0.0386 e. The van der Waals surface area contributed by atoms with Gasteiger partial charge in [-0.1, -0.05) is 24.3 Å². The van der Waals surface area contributed by atoms with Gasteiger partial charge in [0.25, 0.3) is 0 Å². The number of piperidine rings is 1. The fourth-order valence-corrected chi connectivity index (χ4v) is 3.33. The standard InChI is InChI=1S/C12H13N/c1-2-4-10-8(3-1)6-13-7-9-5-11(9)12(10)13/h1-4,9,11-12H,5-7H2. The molecule has 3 atom stereocenters. The summed E-state index contributed by atoms with van der Waals surface area (Å²) in [6, 6.07) is 9.80. The number of fused-ring (bicyclic) bond motifs is 5. The van der Waals surface area contributed by atoms with E-state index >= 15 is 0 Å². The van der Waals surface area contributed by atoms with Gasteiger partial charge < -0.3 is 0 Å². The lowest BCUT2D eigenvalue weighted by Crippen LogP contribution is -2.18. The first-order valence-corrected chi connectivity index (χ1v) is 5.25. The molecule has 0 N–H and O–H groups in total. The molecule has 2 aliphatic heterocycles. The molecule has 0 aromatic heterocycles. The predicted molar refractivity (Wildman–Crippen MR) is 51.2 cm³/mol. The lowest BCUT2D eigenvalue weighted by molar-refractivity contribution is 0.243. The van der Waals surface area contributed by atoms with Crippen molar-refractivity contribution < 1.29 is 0 Å². The third-order valence-corrected chi connectivity index (χ3v) is 3.99. The van der Waals surface area contributed by atoms with Crippen LogP contribution in [-0.4, -0.2) is 11.4 Å². The Morgan fingerprint density at radius 1 is 1.23 bits per heavy atom. The minimum absolute atomic E-state index is 0.807. The van der Waals surface area contributed by atoms with E-state index in [-0.39, 0.29) is 0 Å². The van der Waals surface area contributed by atoms with E-state index in [1.807, 2.05) is 0 Å². The molecule has 3 unspecified atom stereocenters. The number of nitrogens with zero attached hydrogens (tertiary/aromatic N) is 1. The van der Waals surface area contributed by atoms with Crippen LogP contribution in [0.25, 0.3) is 0 Å². The van der Waals surface area contributed by atoms with Gasteiger partial charge in [-0.25, -0.2) is 0 Å². The highest BCUT2D eigenvalue weighted by molar-refractivity contribution is 5.37. The Labute approximate surface area is 78.4 Å². The van der Waals surface area contributed by atoms with Gasteiger partial charge in [-0.3, -0.25) is 4.90 Å². The molecule has 3 aliphatic rings. The van der Waals surface area contributed by atoms with Crippen LogP contribution < -0.4 is 0 Å². The zero-order valence-electron chi connectivity index (χ0n) is 7.61. The summed E-state index contributed by atoms with van der Waals surface area (Å²) in [4.78, 5) is 2.67. The fraction of sp³-hybridized carbons (Fsp3) is 0.500.